The minimum Gasteiger partial charge on any atom is -0.507 e. The molecule has 1 aromatic rings. The van der Waals surface area contributed by atoms with Gasteiger partial charge in [0.25, 0.3) is 5.96 Å². The normalized spacial score (nSPS) is 11.6. The number of phenols is 1. The molecule has 21 heavy (non-hydrogen) atoms. The van der Waals surface area contributed by atoms with Crippen molar-refractivity contribution in [2.24, 2.45) is 15.9 Å². The molecule has 0 aliphatic carbocycles. The van der Waals surface area contributed by atoms with Crippen molar-refractivity contribution in [1.82, 2.24) is 5.43 Å². The van der Waals surface area contributed by atoms with E-state index in [1.54, 1.807) is 17.6 Å². The van der Waals surface area contributed by atoms with Gasteiger partial charge in [0.15, 0.2) is 5.03 Å². The van der Waals surface area contributed by atoms with E-state index in [1.807, 2.05) is 19.9 Å². The fourth-order valence-electron chi connectivity index (χ4n) is 1.70. The highest BCUT2D eigenvalue weighted by Crippen LogP contribution is 2.23. The van der Waals surface area contributed by atoms with Gasteiger partial charge in [0, 0.05) is 30.4 Å². The first kappa shape index (κ1) is 16.2. The molecule has 0 unspecified atom stereocenters. The Morgan fingerprint density at radius 3 is 2.71 bits per heavy atom. The van der Waals surface area contributed by atoms with Gasteiger partial charge in [0.1, 0.15) is 5.75 Å². The summed E-state index contributed by atoms with van der Waals surface area (Å²) in [6.45, 7) is 5.71. The van der Waals surface area contributed by atoms with Crippen molar-refractivity contribution in [3.63, 3.8) is 0 Å². The lowest BCUT2D eigenvalue weighted by Gasteiger charge is -2.21. The lowest BCUT2D eigenvalue weighted by Crippen LogP contribution is -2.35. The van der Waals surface area contributed by atoms with Crippen LogP contribution in [0.2, 0.25) is 0 Å². The van der Waals surface area contributed by atoms with Crippen molar-refractivity contribution in [1.29, 1.82) is 0 Å². The second-order valence-corrected chi connectivity index (χ2v) is 4.01. The van der Waals surface area contributed by atoms with Gasteiger partial charge in [-0.1, -0.05) is 5.43 Å². The van der Waals surface area contributed by atoms with E-state index in [2.05, 4.69) is 15.1 Å². The maximum absolute atomic E-state index is 10.1. The molecule has 0 heterocycles. The molecule has 0 aliphatic heterocycles. The van der Waals surface area contributed by atoms with E-state index in [9.17, 15) is 15.2 Å². The molecule has 0 saturated heterocycles. The molecule has 0 atom stereocenters. The summed E-state index contributed by atoms with van der Waals surface area (Å²) >= 11 is 0. The standard InChI is InChI=1S/C12H18N6O3/c1-3-17(4-2)10-6-5-9(11(19)7-10)8-14-15-12(13)16-18(20)21/h5-8,19H,3-4H2,1-2H3,(H3,13,15,16). The summed E-state index contributed by atoms with van der Waals surface area (Å²) in [6, 6.07) is 5.15. The summed E-state index contributed by atoms with van der Waals surface area (Å²) in [6.07, 6.45) is 1.26. The lowest BCUT2D eigenvalue weighted by atomic mass is 10.2. The first-order valence-corrected chi connectivity index (χ1v) is 6.33. The number of hydrazine groups is 1. The Labute approximate surface area is 121 Å². The van der Waals surface area contributed by atoms with Gasteiger partial charge in [-0.05, 0) is 26.0 Å². The number of hydrogen-bond acceptors (Lipinski definition) is 6. The van der Waals surface area contributed by atoms with Crippen LogP contribution >= 0.6 is 0 Å². The van der Waals surface area contributed by atoms with Crippen LogP contribution in [-0.4, -0.2) is 35.4 Å². The number of nitro groups is 1. The summed E-state index contributed by atoms with van der Waals surface area (Å²) in [5.74, 6) is -0.408. The van der Waals surface area contributed by atoms with Crippen LogP contribution in [0, 0.1) is 10.1 Å². The summed E-state index contributed by atoms with van der Waals surface area (Å²) in [5.41, 5.74) is 8.17. The zero-order chi connectivity index (χ0) is 15.8. The van der Waals surface area contributed by atoms with Gasteiger partial charge in [-0.2, -0.15) is 5.10 Å². The molecule has 4 N–H and O–H groups in total. The van der Waals surface area contributed by atoms with Gasteiger partial charge in [-0.25, -0.2) is 10.1 Å². The molecule has 9 nitrogen and oxygen atoms in total. The Morgan fingerprint density at radius 2 is 2.19 bits per heavy atom. The Balaban J connectivity index is 2.84. The highest BCUT2D eigenvalue weighted by atomic mass is 16.7. The zero-order valence-electron chi connectivity index (χ0n) is 11.9. The number of guanidine groups is 1. The predicted molar refractivity (Wildman–Crippen MR) is 81.0 cm³/mol. The van der Waals surface area contributed by atoms with Crippen molar-refractivity contribution in [2.75, 3.05) is 18.0 Å². The number of nitrogens with one attached hydrogen (secondary N) is 1. The number of nitrogens with two attached hydrogens (primary N) is 1. The number of anilines is 1. The van der Waals surface area contributed by atoms with Gasteiger partial charge < -0.3 is 15.7 Å². The fraction of sp³-hybridized carbons (Fsp3) is 0.333. The molecule has 0 spiro atoms. The third-order valence-electron chi connectivity index (χ3n) is 2.71. The molecule has 0 saturated carbocycles. The van der Waals surface area contributed by atoms with Gasteiger partial charge >= 0.3 is 0 Å². The second kappa shape index (κ2) is 7.68. The first-order chi connectivity index (χ1) is 9.97. The highest BCUT2D eigenvalue weighted by Gasteiger charge is 2.05. The quantitative estimate of drug-likeness (QED) is 0.306. The zero-order valence-corrected chi connectivity index (χ0v) is 11.9. The molecule has 114 valence electrons. The minimum absolute atomic E-state index is 0.0409. The molecule has 0 bridgehead atoms. The number of aromatic hydroxyl groups is 1. The van der Waals surface area contributed by atoms with Crippen molar-refractivity contribution in [3.8, 4) is 5.75 Å². The third-order valence-corrected chi connectivity index (χ3v) is 2.71. The summed E-state index contributed by atoms with van der Waals surface area (Å²) in [7, 11) is 0. The molecule has 0 radical (unpaired) electrons. The van der Waals surface area contributed by atoms with Gasteiger partial charge in [-0.15, -0.1) is 5.10 Å². The van der Waals surface area contributed by atoms with Crippen molar-refractivity contribution in [2.45, 2.75) is 13.8 Å². The average Bonchev–Trinajstić information content (AvgIpc) is 2.41. The first-order valence-electron chi connectivity index (χ1n) is 6.33. The monoisotopic (exact) mass is 294 g/mol. The predicted octanol–water partition coefficient (Wildman–Crippen LogP) is 0.668. The van der Waals surface area contributed by atoms with E-state index < -0.39 is 11.0 Å². The fourth-order valence-corrected chi connectivity index (χ4v) is 1.70. The number of hydrogen-bond donors (Lipinski definition) is 3. The summed E-state index contributed by atoms with van der Waals surface area (Å²) in [5, 5.41) is 26.1. The van der Waals surface area contributed by atoms with Crippen molar-refractivity contribution in [3.05, 3.63) is 33.9 Å². The smallest absolute Gasteiger partial charge is 0.275 e. The van der Waals surface area contributed by atoms with E-state index >= 15 is 0 Å². The van der Waals surface area contributed by atoms with Crippen LogP contribution in [0.25, 0.3) is 0 Å². The summed E-state index contributed by atoms with van der Waals surface area (Å²) in [4.78, 5) is 12.2. The van der Waals surface area contributed by atoms with Gasteiger partial charge in [0.05, 0.1) is 6.21 Å². The Bertz CT molecular complexity index is 554. The van der Waals surface area contributed by atoms with Crippen LogP contribution in [0.4, 0.5) is 5.69 Å². The topological polar surface area (TPSA) is 129 Å². The van der Waals surface area contributed by atoms with Crippen LogP contribution in [-0.2, 0) is 0 Å². The molecular formula is C12H18N6O3. The summed E-state index contributed by atoms with van der Waals surface area (Å²) < 4.78 is 0. The third kappa shape index (κ3) is 4.97. The Morgan fingerprint density at radius 1 is 1.52 bits per heavy atom. The van der Waals surface area contributed by atoms with Crippen molar-refractivity contribution >= 4 is 17.9 Å². The van der Waals surface area contributed by atoms with Crippen LogP contribution < -0.4 is 16.1 Å². The molecule has 0 aliphatic rings. The van der Waals surface area contributed by atoms with Crippen LogP contribution in [0.5, 0.6) is 5.75 Å². The SMILES string of the molecule is CCN(CC)c1ccc(C=NN=C(N)N[N+](=O)[O-])c(O)c1. The van der Waals surface area contributed by atoms with Gasteiger partial charge in [-0.3, -0.25) is 0 Å². The second-order valence-electron chi connectivity index (χ2n) is 4.01. The van der Waals surface area contributed by atoms with E-state index in [-0.39, 0.29) is 5.75 Å². The number of phenolic OH excluding ortho intramolecular Hbond substituents is 1. The molecule has 9 heteroatoms. The molecule has 1 aromatic carbocycles. The van der Waals surface area contributed by atoms with E-state index in [1.165, 1.54) is 6.21 Å². The number of benzene rings is 1. The van der Waals surface area contributed by atoms with E-state index in [0.717, 1.165) is 18.8 Å². The minimum atomic E-state index is -0.843. The highest BCUT2D eigenvalue weighted by molar-refractivity contribution is 5.85. The van der Waals surface area contributed by atoms with Crippen LogP contribution in [0.3, 0.4) is 0 Å². The largest absolute Gasteiger partial charge is 0.507 e. The van der Waals surface area contributed by atoms with Gasteiger partial charge in [0.2, 0.25) is 0 Å². The molecular weight excluding hydrogens is 276 g/mol. The van der Waals surface area contributed by atoms with E-state index in [0.29, 0.717) is 5.56 Å². The lowest BCUT2D eigenvalue weighted by molar-refractivity contribution is -0.525. The average molecular weight is 294 g/mol. The number of nitrogens with zero attached hydrogens (tertiary/aromatic N) is 4. The van der Waals surface area contributed by atoms with Crippen LogP contribution in [0.15, 0.2) is 28.4 Å². The molecule has 0 fully saturated rings. The Kier molecular flexibility index (Phi) is 5.93. The maximum atomic E-state index is 10.1. The van der Waals surface area contributed by atoms with Crippen molar-refractivity contribution < 1.29 is 10.1 Å². The molecule has 1 rings (SSSR count). The molecule has 0 aromatic heterocycles. The Hall–Kier alpha value is -2.84. The van der Waals surface area contributed by atoms with E-state index in [4.69, 9.17) is 5.73 Å². The molecule has 0 amide bonds. The number of rotatable bonds is 6. The maximum Gasteiger partial charge on any atom is 0.275 e. The van der Waals surface area contributed by atoms with Crippen LogP contribution in [0.1, 0.15) is 19.4 Å².